The third kappa shape index (κ3) is 2.70. The normalized spacial score (nSPS) is 11.0. The molecule has 4 heteroatoms. The van der Waals surface area contributed by atoms with Crippen LogP contribution in [0.15, 0.2) is 47.3 Å². The molecule has 21 heavy (non-hydrogen) atoms. The highest BCUT2D eigenvalue weighted by Gasteiger charge is 2.11. The molecule has 0 aliphatic carbocycles. The van der Waals surface area contributed by atoms with Crippen LogP contribution in [-0.2, 0) is 0 Å². The number of fused-ring (bicyclic) bond motifs is 1. The molecule has 0 atom stereocenters. The van der Waals surface area contributed by atoms with Crippen LogP contribution >= 0.6 is 0 Å². The molecule has 0 aliphatic heterocycles. The number of rotatable bonds is 4. The Hall–Kier alpha value is -2.49. The highest BCUT2D eigenvalue weighted by Crippen LogP contribution is 2.32. The number of methoxy groups -OCH3 is 1. The van der Waals surface area contributed by atoms with E-state index in [-0.39, 0.29) is 6.10 Å². The van der Waals surface area contributed by atoms with Crippen LogP contribution in [0.2, 0.25) is 0 Å². The molecule has 0 bridgehead atoms. The maximum atomic E-state index is 5.86. The Morgan fingerprint density at radius 2 is 2.00 bits per heavy atom. The first-order valence-electron chi connectivity index (χ1n) is 6.85. The molecule has 0 saturated carbocycles. The largest absolute Gasteiger partial charge is 0.497 e. The van der Waals surface area contributed by atoms with Crippen LogP contribution in [0.1, 0.15) is 13.8 Å². The van der Waals surface area contributed by atoms with Gasteiger partial charge in [0.15, 0.2) is 0 Å². The lowest BCUT2D eigenvalue weighted by atomic mass is 10.1. The second-order valence-electron chi connectivity index (χ2n) is 5.08. The summed E-state index contributed by atoms with van der Waals surface area (Å²) >= 11 is 0. The molecule has 2 aromatic heterocycles. The van der Waals surface area contributed by atoms with E-state index in [0.29, 0.717) is 5.88 Å². The molecular weight excluding hydrogens is 266 g/mol. The van der Waals surface area contributed by atoms with Crippen LogP contribution < -0.4 is 9.47 Å². The van der Waals surface area contributed by atoms with Crippen molar-refractivity contribution in [3.8, 4) is 22.9 Å². The Kier molecular flexibility index (Phi) is 3.52. The molecule has 1 aromatic carbocycles. The number of ether oxygens (including phenoxy) is 2. The van der Waals surface area contributed by atoms with Gasteiger partial charge in [0, 0.05) is 10.9 Å². The Morgan fingerprint density at radius 1 is 1.14 bits per heavy atom. The molecule has 4 nitrogen and oxygen atoms in total. The number of furan rings is 1. The Labute approximate surface area is 123 Å². The van der Waals surface area contributed by atoms with E-state index in [1.54, 1.807) is 19.6 Å². The predicted molar refractivity (Wildman–Crippen MR) is 81.8 cm³/mol. The van der Waals surface area contributed by atoms with Crippen molar-refractivity contribution in [2.75, 3.05) is 7.11 Å². The summed E-state index contributed by atoms with van der Waals surface area (Å²) in [6.45, 7) is 3.98. The van der Waals surface area contributed by atoms with Gasteiger partial charge in [-0.25, -0.2) is 4.98 Å². The summed E-state index contributed by atoms with van der Waals surface area (Å²) in [6, 6.07) is 9.75. The Bertz CT molecular complexity index is 748. The van der Waals surface area contributed by atoms with Gasteiger partial charge in [-0.1, -0.05) is 0 Å². The van der Waals surface area contributed by atoms with Crippen molar-refractivity contribution in [3.05, 3.63) is 42.9 Å². The van der Waals surface area contributed by atoms with Crippen LogP contribution in [0.25, 0.3) is 22.0 Å². The van der Waals surface area contributed by atoms with E-state index < -0.39 is 0 Å². The van der Waals surface area contributed by atoms with Crippen molar-refractivity contribution in [3.63, 3.8) is 0 Å². The number of aromatic nitrogens is 1. The van der Waals surface area contributed by atoms with E-state index in [2.05, 4.69) is 4.98 Å². The highest BCUT2D eigenvalue weighted by molar-refractivity contribution is 5.91. The number of pyridine rings is 1. The van der Waals surface area contributed by atoms with Crippen molar-refractivity contribution < 1.29 is 13.9 Å². The van der Waals surface area contributed by atoms with Crippen molar-refractivity contribution in [1.29, 1.82) is 0 Å². The molecule has 0 radical (unpaired) electrons. The van der Waals surface area contributed by atoms with Gasteiger partial charge in [-0.3, -0.25) is 0 Å². The third-order valence-corrected chi connectivity index (χ3v) is 3.17. The minimum atomic E-state index is 0.0578. The first-order valence-corrected chi connectivity index (χ1v) is 6.85. The van der Waals surface area contributed by atoms with Crippen LogP contribution in [0.3, 0.4) is 0 Å². The fourth-order valence-corrected chi connectivity index (χ4v) is 2.20. The monoisotopic (exact) mass is 283 g/mol. The van der Waals surface area contributed by atoms with Crippen LogP contribution in [0.4, 0.5) is 0 Å². The number of benzene rings is 1. The fraction of sp³-hybridized carbons (Fsp3) is 0.235. The Balaban J connectivity index is 2.21. The predicted octanol–water partition coefficient (Wildman–Crippen LogP) is 4.29. The smallest absolute Gasteiger partial charge is 0.222 e. The van der Waals surface area contributed by atoms with Gasteiger partial charge in [0.1, 0.15) is 5.75 Å². The van der Waals surface area contributed by atoms with Crippen molar-refractivity contribution in [2.24, 2.45) is 0 Å². The molecule has 0 spiro atoms. The van der Waals surface area contributed by atoms with Gasteiger partial charge in [0.25, 0.3) is 0 Å². The third-order valence-electron chi connectivity index (χ3n) is 3.17. The first kappa shape index (κ1) is 13.5. The van der Waals surface area contributed by atoms with E-state index >= 15 is 0 Å². The second-order valence-corrected chi connectivity index (χ2v) is 5.08. The minimum absolute atomic E-state index is 0.0578. The topological polar surface area (TPSA) is 44.5 Å². The van der Waals surface area contributed by atoms with E-state index in [1.165, 1.54) is 0 Å². The number of nitrogens with zero attached hydrogens (tertiary/aromatic N) is 1. The quantitative estimate of drug-likeness (QED) is 0.716. The molecule has 108 valence electrons. The van der Waals surface area contributed by atoms with Crippen molar-refractivity contribution in [1.82, 2.24) is 4.98 Å². The van der Waals surface area contributed by atoms with Gasteiger partial charge in [-0.05, 0) is 49.6 Å². The molecule has 0 fully saturated rings. The van der Waals surface area contributed by atoms with E-state index in [0.717, 1.165) is 27.8 Å². The fourth-order valence-electron chi connectivity index (χ4n) is 2.20. The molecule has 0 aliphatic rings. The molecule has 3 aromatic rings. The average Bonchev–Trinajstić information content (AvgIpc) is 3.00. The zero-order chi connectivity index (χ0) is 14.8. The van der Waals surface area contributed by atoms with Gasteiger partial charge < -0.3 is 13.9 Å². The summed E-state index contributed by atoms with van der Waals surface area (Å²) in [7, 11) is 1.66. The maximum absolute atomic E-state index is 5.86. The first-order chi connectivity index (χ1) is 10.2. The SMILES string of the molecule is COc1ccc2c(OC(C)C)nc(-c3ccoc3)cc2c1. The van der Waals surface area contributed by atoms with Crippen molar-refractivity contribution >= 4 is 10.8 Å². The van der Waals surface area contributed by atoms with Gasteiger partial charge in [-0.15, -0.1) is 0 Å². The highest BCUT2D eigenvalue weighted by atomic mass is 16.5. The van der Waals surface area contributed by atoms with Gasteiger partial charge >= 0.3 is 0 Å². The minimum Gasteiger partial charge on any atom is -0.497 e. The van der Waals surface area contributed by atoms with Crippen molar-refractivity contribution in [2.45, 2.75) is 20.0 Å². The Morgan fingerprint density at radius 3 is 2.67 bits per heavy atom. The molecule has 0 amide bonds. The van der Waals surface area contributed by atoms with Crippen LogP contribution in [0, 0.1) is 0 Å². The van der Waals surface area contributed by atoms with Crippen LogP contribution in [0.5, 0.6) is 11.6 Å². The lowest BCUT2D eigenvalue weighted by molar-refractivity contribution is 0.236. The van der Waals surface area contributed by atoms with Crippen LogP contribution in [-0.4, -0.2) is 18.2 Å². The number of hydrogen-bond donors (Lipinski definition) is 0. The van der Waals surface area contributed by atoms with E-state index in [9.17, 15) is 0 Å². The average molecular weight is 283 g/mol. The molecule has 0 unspecified atom stereocenters. The maximum Gasteiger partial charge on any atom is 0.222 e. The summed E-state index contributed by atoms with van der Waals surface area (Å²) in [5.41, 5.74) is 1.74. The van der Waals surface area contributed by atoms with Gasteiger partial charge in [0.2, 0.25) is 5.88 Å². The lowest BCUT2D eigenvalue weighted by Gasteiger charge is -2.13. The van der Waals surface area contributed by atoms with E-state index in [4.69, 9.17) is 13.9 Å². The zero-order valence-electron chi connectivity index (χ0n) is 12.3. The summed E-state index contributed by atoms with van der Waals surface area (Å²) in [6.07, 6.45) is 3.37. The molecule has 0 saturated heterocycles. The lowest BCUT2D eigenvalue weighted by Crippen LogP contribution is -2.07. The summed E-state index contributed by atoms with van der Waals surface area (Å²) in [5, 5.41) is 1.99. The standard InChI is InChI=1S/C17H17NO3/c1-11(2)21-17-15-5-4-14(19-3)8-13(15)9-16(18-17)12-6-7-20-10-12/h4-11H,1-3H3. The summed E-state index contributed by atoms with van der Waals surface area (Å²) in [4.78, 5) is 4.62. The second kappa shape index (κ2) is 5.48. The molecule has 2 heterocycles. The zero-order valence-corrected chi connectivity index (χ0v) is 12.3. The summed E-state index contributed by atoms with van der Waals surface area (Å²) in [5.74, 6) is 1.43. The van der Waals surface area contributed by atoms with Gasteiger partial charge in [-0.2, -0.15) is 0 Å². The number of hydrogen-bond acceptors (Lipinski definition) is 4. The van der Waals surface area contributed by atoms with E-state index in [1.807, 2.05) is 44.2 Å². The summed E-state index contributed by atoms with van der Waals surface area (Å²) < 4.78 is 16.3. The molecule has 0 N–H and O–H groups in total. The molecular formula is C17H17NO3. The van der Waals surface area contributed by atoms with Gasteiger partial charge in [0.05, 0.1) is 31.4 Å². The molecule has 3 rings (SSSR count).